The van der Waals surface area contributed by atoms with E-state index in [0.717, 1.165) is 17.7 Å². The van der Waals surface area contributed by atoms with Gasteiger partial charge in [-0.15, -0.1) is 0 Å². The first-order valence-electron chi connectivity index (χ1n) is 5.12. The van der Waals surface area contributed by atoms with E-state index in [0.29, 0.717) is 5.92 Å². The highest BCUT2D eigenvalue weighted by molar-refractivity contribution is 9.09. The zero-order chi connectivity index (χ0) is 11.3. The van der Waals surface area contributed by atoms with Crippen LogP contribution in [0.1, 0.15) is 30.9 Å². The smallest absolute Gasteiger partial charge is 0.122 e. The molecule has 0 aromatic heterocycles. The molecule has 0 aliphatic rings. The Labute approximate surface area is 100 Å². The second-order valence-electron chi connectivity index (χ2n) is 3.79. The summed E-state index contributed by atoms with van der Waals surface area (Å²) in [4.78, 5) is 0. The molecule has 84 valence electrons. The van der Waals surface area contributed by atoms with Gasteiger partial charge in [-0.05, 0) is 23.1 Å². The van der Waals surface area contributed by atoms with E-state index in [1.807, 2.05) is 6.07 Å². The van der Waals surface area contributed by atoms with Crippen molar-refractivity contribution in [2.24, 2.45) is 0 Å². The van der Waals surface area contributed by atoms with Crippen molar-refractivity contribution in [3.8, 4) is 5.75 Å². The topological polar surface area (TPSA) is 21.3 Å². The van der Waals surface area contributed by atoms with Crippen molar-refractivity contribution < 1.29 is 4.74 Å². The van der Waals surface area contributed by atoms with E-state index in [4.69, 9.17) is 4.74 Å². The van der Waals surface area contributed by atoms with Gasteiger partial charge in [-0.25, -0.2) is 0 Å². The largest absolute Gasteiger partial charge is 0.496 e. The number of alkyl halides is 1. The molecule has 0 radical (unpaired) electrons. The Hall–Kier alpha value is -0.540. The highest BCUT2D eigenvalue weighted by Crippen LogP contribution is 2.27. The first-order valence-corrected chi connectivity index (χ1v) is 6.24. The second-order valence-corrected chi connectivity index (χ2v) is 4.35. The Morgan fingerprint density at radius 2 is 2.13 bits per heavy atom. The molecule has 0 aliphatic heterocycles. The van der Waals surface area contributed by atoms with E-state index in [1.165, 1.54) is 11.1 Å². The van der Waals surface area contributed by atoms with E-state index < -0.39 is 0 Å². The van der Waals surface area contributed by atoms with Gasteiger partial charge < -0.3 is 10.1 Å². The van der Waals surface area contributed by atoms with Gasteiger partial charge in [0.05, 0.1) is 12.6 Å². The molecular formula is C12H18BrNO. The number of rotatable bonds is 5. The van der Waals surface area contributed by atoms with Crippen molar-refractivity contribution >= 4 is 15.9 Å². The number of hydrogen-bond donors (Lipinski definition) is 1. The van der Waals surface area contributed by atoms with Crippen LogP contribution in [0.5, 0.6) is 5.75 Å². The quantitative estimate of drug-likeness (QED) is 0.656. The zero-order valence-electron chi connectivity index (χ0n) is 9.51. The molecule has 1 N–H and O–H groups in total. The van der Waals surface area contributed by atoms with Gasteiger partial charge in [-0.3, -0.25) is 0 Å². The molecule has 0 aliphatic carbocycles. The molecule has 0 saturated carbocycles. The fourth-order valence-electron chi connectivity index (χ4n) is 1.54. The minimum atomic E-state index is 0.490. The van der Waals surface area contributed by atoms with Gasteiger partial charge in [0.1, 0.15) is 5.75 Å². The van der Waals surface area contributed by atoms with Crippen LogP contribution in [0.2, 0.25) is 0 Å². The molecule has 0 amide bonds. The van der Waals surface area contributed by atoms with Gasteiger partial charge in [-0.2, -0.15) is 0 Å². The third kappa shape index (κ3) is 3.50. The molecule has 0 saturated heterocycles. The third-order valence-electron chi connectivity index (χ3n) is 2.34. The number of ether oxygens (including phenoxy) is 1. The third-order valence-corrected chi connectivity index (χ3v) is 2.74. The highest BCUT2D eigenvalue weighted by Gasteiger charge is 2.07. The van der Waals surface area contributed by atoms with Crippen molar-refractivity contribution in [2.75, 3.05) is 12.6 Å². The highest BCUT2D eigenvalue weighted by atomic mass is 79.9. The molecule has 15 heavy (non-hydrogen) atoms. The van der Waals surface area contributed by atoms with Crippen molar-refractivity contribution in [3.05, 3.63) is 29.3 Å². The number of methoxy groups -OCH3 is 1. The molecule has 0 atom stereocenters. The Kier molecular flexibility index (Phi) is 5.12. The number of halogens is 1. The lowest BCUT2D eigenvalue weighted by molar-refractivity contribution is 0.407. The molecule has 0 unspecified atom stereocenters. The lowest BCUT2D eigenvalue weighted by atomic mass is 9.99. The first-order chi connectivity index (χ1) is 7.19. The van der Waals surface area contributed by atoms with E-state index in [2.05, 4.69) is 47.2 Å². The first kappa shape index (κ1) is 12.5. The van der Waals surface area contributed by atoms with Crippen LogP contribution in [0, 0.1) is 0 Å². The lowest BCUT2D eigenvalue weighted by Crippen LogP contribution is -2.10. The maximum atomic E-state index is 5.34. The SMILES string of the molecule is COc1ccc(CNCBr)cc1C(C)C. The fourth-order valence-corrected chi connectivity index (χ4v) is 1.73. The molecule has 1 aromatic carbocycles. The molecule has 2 nitrogen and oxygen atoms in total. The molecule has 0 spiro atoms. The summed E-state index contributed by atoms with van der Waals surface area (Å²) in [6.45, 7) is 5.24. The van der Waals surface area contributed by atoms with Gasteiger partial charge in [-0.1, -0.05) is 41.9 Å². The molecule has 0 heterocycles. The van der Waals surface area contributed by atoms with Crippen LogP contribution >= 0.6 is 15.9 Å². The van der Waals surface area contributed by atoms with Gasteiger partial charge in [0.2, 0.25) is 0 Å². The van der Waals surface area contributed by atoms with Crippen molar-refractivity contribution in [3.63, 3.8) is 0 Å². The summed E-state index contributed by atoms with van der Waals surface area (Å²) in [6, 6.07) is 6.35. The minimum absolute atomic E-state index is 0.490. The summed E-state index contributed by atoms with van der Waals surface area (Å²) in [5.74, 6) is 1.47. The van der Waals surface area contributed by atoms with Crippen LogP contribution in [0.15, 0.2) is 18.2 Å². The number of benzene rings is 1. The number of nitrogens with one attached hydrogen (secondary N) is 1. The molecule has 1 rings (SSSR count). The van der Waals surface area contributed by atoms with Crippen LogP contribution in [-0.2, 0) is 6.54 Å². The van der Waals surface area contributed by atoms with Crippen molar-refractivity contribution in [1.82, 2.24) is 5.32 Å². The average molecular weight is 272 g/mol. The summed E-state index contributed by atoms with van der Waals surface area (Å²) in [5.41, 5.74) is 3.38. The van der Waals surface area contributed by atoms with Crippen LogP contribution < -0.4 is 10.1 Å². The summed E-state index contributed by atoms with van der Waals surface area (Å²) in [6.07, 6.45) is 0. The fraction of sp³-hybridized carbons (Fsp3) is 0.500. The van der Waals surface area contributed by atoms with E-state index in [1.54, 1.807) is 7.11 Å². The summed E-state index contributed by atoms with van der Waals surface area (Å²) in [5, 5.41) is 3.24. The molecule has 0 bridgehead atoms. The Balaban J connectivity index is 2.89. The molecule has 3 heteroatoms. The van der Waals surface area contributed by atoms with Gasteiger partial charge in [0.25, 0.3) is 0 Å². The monoisotopic (exact) mass is 271 g/mol. The predicted octanol–water partition coefficient (Wildman–Crippen LogP) is 3.26. The maximum Gasteiger partial charge on any atom is 0.122 e. The lowest BCUT2D eigenvalue weighted by Gasteiger charge is -2.13. The van der Waals surface area contributed by atoms with Gasteiger partial charge in [0, 0.05) is 6.54 Å². The summed E-state index contributed by atoms with van der Waals surface area (Å²) in [7, 11) is 1.72. The van der Waals surface area contributed by atoms with Crippen molar-refractivity contribution in [1.29, 1.82) is 0 Å². The zero-order valence-corrected chi connectivity index (χ0v) is 11.1. The van der Waals surface area contributed by atoms with Crippen LogP contribution in [0.25, 0.3) is 0 Å². The van der Waals surface area contributed by atoms with Gasteiger partial charge >= 0.3 is 0 Å². The normalized spacial score (nSPS) is 10.7. The standard InChI is InChI=1S/C12H18BrNO/c1-9(2)11-6-10(7-14-8-13)4-5-12(11)15-3/h4-6,9,14H,7-8H2,1-3H3. The molecule has 0 fully saturated rings. The summed E-state index contributed by atoms with van der Waals surface area (Å²) >= 11 is 3.35. The summed E-state index contributed by atoms with van der Waals surface area (Å²) < 4.78 is 5.34. The van der Waals surface area contributed by atoms with Crippen LogP contribution in [0.3, 0.4) is 0 Å². The Bertz CT molecular complexity index is 312. The second kappa shape index (κ2) is 6.13. The number of hydrogen-bond acceptors (Lipinski definition) is 2. The molecular weight excluding hydrogens is 254 g/mol. The van der Waals surface area contributed by atoms with E-state index in [9.17, 15) is 0 Å². The average Bonchev–Trinajstić information content (AvgIpc) is 2.25. The minimum Gasteiger partial charge on any atom is -0.496 e. The molecule has 1 aromatic rings. The van der Waals surface area contributed by atoms with E-state index >= 15 is 0 Å². The van der Waals surface area contributed by atoms with E-state index in [-0.39, 0.29) is 0 Å². The predicted molar refractivity (Wildman–Crippen MR) is 67.7 cm³/mol. The van der Waals surface area contributed by atoms with Crippen LogP contribution in [-0.4, -0.2) is 12.6 Å². The maximum absolute atomic E-state index is 5.34. The van der Waals surface area contributed by atoms with Crippen molar-refractivity contribution in [2.45, 2.75) is 26.3 Å². The van der Waals surface area contributed by atoms with Crippen LogP contribution in [0.4, 0.5) is 0 Å². The van der Waals surface area contributed by atoms with Gasteiger partial charge in [0.15, 0.2) is 0 Å². The Morgan fingerprint density at radius 3 is 2.67 bits per heavy atom. The Morgan fingerprint density at radius 1 is 1.40 bits per heavy atom.